The van der Waals surface area contributed by atoms with Crippen LogP contribution in [0.25, 0.3) is 10.2 Å². The number of aromatic nitrogens is 1. The number of thiophene rings is 1. The van der Waals surface area contributed by atoms with Gasteiger partial charge < -0.3 is 10.4 Å². The molecule has 3 aromatic rings. The largest absolute Gasteiger partial charge is 0.478 e. The van der Waals surface area contributed by atoms with Crippen LogP contribution >= 0.6 is 11.3 Å². The Morgan fingerprint density at radius 1 is 1.19 bits per heavy atom. The van der Waals surface area contributed by atoms with E-state index in [2.05, 4.69) is 10.3 Å². The number of aromatic carboxylic acids is 1. The minimum absolute atomic E-state index is 0.0929. The first kappa shape index (κ1) is 18.1. The summed E-state index contributed by atoms with van der Waals surface area (Å²) < 4.78 is 0. The number of aryl methyl sites for hydroxylation is 2. The van der Waals surface area contributed by atoms with Crippen LogP contribution in [0.2, 0.25) is 0 Å². The summed E-state index contributed by atoms with van der Waals surface area (Å²) in [4.78, 5) is 29.1. The number of hydrogen-bond donors (Lipinski definition) is 2. The zero-order chi connectivity index (χ0) is 18.7. The first-order valence-corrected chi connectivity index (χ1v) is 9.25. The summed E-state index contributed by atoms with van der Waals surface area (Å²) in [5.74, 6) is -0.872. The van der Waals surface area contributed by atoms with Crippen LogP contribution in [0.4, 0.5) is 5.00 Å². The highest BCUT2D eigenvalue weighted by Gasteiger charge is 2.21. The number of carbonyl (C=O) groups is 2. The monoisotopic (exact) mass is 368 g/mol. The second-order valence-corrected chi connectivity index (χ2v) is 7.19. The van der Waals surface area contributed by atoms with Crippen LogP contribution in [0.3, 0.4) is 0 Å². The Morgan fingerprint density at radius 3 is 2.62 bits per heavy atom. The van der Waals surface area contributed by atoms with E-state index in [1.807, 2.05) is 38.1 Å². The Bertz CT molecular complexity index is 964. The van der Waals surface area contributed by atoms with Gasteiger partial charge in [0.25, 0.3) is 0 Å². The molecule has 0 aliphatic rings. The number of carboxylic acid groups (broad SMARTS) is 1. The number of benzene rings is 1. The van der Waals surface area contributed by atoms with Gasteiger partial charge in [-0.05, 0) is 31.9 Å². The number of fused-ring (bicyclic) bond motifs is 1. The van der Waals surface area contributed by atoms with Crippen LogP contribution < -0.4 is 5.32 Å². The number of rotatable bonds is 7. The average molecular weight is 368 g/mol. The van der Waals surface area contributed by atoms with Crippen LogP contribution in [0.15, 0.2) is 36.4 Å². The second-order valence-electron chi connectivity index (χ2n) is 6.19. The number of hydrogen-bond acceptors (Lipinski definition) is 5. The summed E-state index contributed by atoms with van der Waals surface area (Å²) in [6.07, 6.45) is 1.05. The molecule has 2 N–H and O–H groups in total. The number of nitrogens with one attached hydrogen (secondary N) is 1. The van der Waals surface area contributed by atoms with Crippen molar-refractivity contribution in [1.29, 1.82) is 0 Å². The maximum Gasteiger partial charge on any atom is 0.339 e. The fraction of sp³-hybridized carbons (Fsp3) is 0.250. The van der Waals surface area contributed by atoms with E-state index in [1.54, 1.807) is 12.1 Å². The number of Topliss-reactive ketones (excluding diaryl/α,β-unsaturated/α-hetero) is 1. The van der Waals surface area contributed by atoms with Crippen LogP contribution in [0, 0.1) is 13.8 Å². The maximum absolute atomic E-state index is 12.1. The minimum atomic E-state index is -0.965. The van der Waals surface area contributed by atoms with Crippen molar-refractivity contribution in [3.63, 3.8) is 0 Å². The lowest BCUT2D eigenvalue weighted by Crippen LogP contribution is -2.08. The summed E-state index contributed by atoms with van der Waals surface area (Å²) in [5.41, 5.74) is 2.75. The predicted molar refractivity (Wildman–Crippen MR) is 105 cm³/mol. The number of nitrogens with zero attached hydrogens (tertiary/aromatic N) is 1. The molecular weight excluding hydrogens is 348 g/mol. The standard InChI is InChI=1S/C20H20N2O3S/c1-12-11-13(2)22-19-16(12)17(20(24)25)18(26-19)21-10-6-9-15(23)14-7-4-3-5-8-14/h3-5,7-8,11,21H,6,9-10H2,1-2H3,(H,24,25). The van der Waals surface area contributed by atoms with Gasteiger partial charge in [0, 0.05) is 29.6 Å². The van der Waals surface area contributed by atoms with Crippen molar-refractivity contribution >= 4 is 38.3 Å². The molecule has 26 heavy (non-hydrogen) atoms. The van der Waals surface area contributed by atoms with Gasteiger partial charge in [-0.1, -0.05) is 41.7 Å². The van der Waals surface area contributed by atoms with Gasteiger partial charge >= 0.3 is 5.97 Å². The molecule has 0 aliphatic carbocycles. The lowest BCUT2D eigenvalue weighted by Gasteiger charge is -2.06. The zero-order valence-corrected chi connectivity index (χ0v) is 15.5. The van der Waals surface area contributed by atoms with Gasteiger partial charge in [0.1, 0.15) is 15.4 Å². The highest BCUT2D eigenvalue weighted by Crippen LogP contribution is 2.36. The van der Waals surface area contributed by atoms with Crippen molar-refractivity contribution in [3.05, 3.63) is 58.8 Å². The van der Waals surface area contributed by atoms with E-state index in [4.69, 9.17) is 0 Å². The quantitative estimate of drug-likeness (QED) is 0.467. The van der Waals surface area contributed by atoms with Crippen LogP contribution in [0.5, 0.6) is 0 Å². The van der Waals surface area contributed by atoms with Gasteiger partial charge in [-0.3, -0.25) is 4.79 Å². The summed E-state index contributed by atoms with van der Waals surface area (Å²) >= 11 is 1.35. The molecule has 2 aromatic heterocycles. The highest BCUT2D eigenvalue weighted by molar-refractivity contribution is 7.23. The van der Waals surface area contributed by atoms with Crippen molar-refractivity contribution < 1.29 is 14.7 Å². The second kappa shape index (κ2) is 7.66. The molecule has 6 heteroatoms. The molecule has 0 fully saturated rings. The third kappa shape index (κ3) is 3.75. The molecular formula is C20H20N2O3S. The smallest absolute Gasteiger partial charge is 0.339 e. The summed E-state index contributed by atoms with van der Waals surface area (Å²) in [5, 5.41) is 14.1. The molecule has 5 nitrogen and oxygen atoms in total. The number of carboxylic acids is 1. The Morgan fingerprint density at radius 2 is 1.92 bits per heavy atom. The SMILES string of the molecule is Cc1cc(C)c2c(C(=O)O)c(NCCCC(=O)c3ccccc3)sc2n1. The predicted octanol–water partition coefficient (Wildman–Crippen LogP) is 4.69. The van der Waals surface area contributed by atoms with Crippen molar-refractivity contribution in [2.24, 2.45) is 0 Å². The Kier molecular flexibility index (Phi) is 5.32. The number of ketones is 1. The number of carbonyl (C=O) groups excluding carboxylic acids is 1. The molecule has 0 aliphatic heterocycles. The first-order valence-electron chi connectivity index (χ1n) is 8.43. The van der Waals surface area contributed by atoms with Gasteiger partial charge in [-0.15, -0.1) is 0 Å². The van der Waals surface area contributed by atoms with Crippen LogP contribution in [0.1, 0.15) is 44.8 Å². The van der Waals surface area contributed by atoms with Gasteiger partial charge in [-0.25, -0.2) is 9.78 Å². The minimum Gasteiger partial charge on any atom is -0.478 e. The van der Waals surface area contributed by atoms with E-state index >= 15 is 0 Å². The Labute approximate surface area is 155 Å². The topological polar surface area (TPSA) is 79.3 Å². The molecule has 3 rings (SSSR count). The summed E-state index contributed by atoms with van der Waals surface area (Å²) in [6.45, 7) is 4.33. The number of anilines is 1. The van der Waals surface area contributed by atoms with Gasteiger partial charge in [-0.2, -0.15) is 0 Å². The average Bonchev–Trinajstić information content (AvgIpc) is 2.98. The lowest BCUT2D eigenvalue weighted by molar-refractivity contribution is 0.0700. The van der Waals surface area contributed by atoms with E-state index in [-0.39, 0.29) is 11.3 Å². The van der Waals surface area contributed by atoms with Crippen LogP contribution in [-0.2, 0) is 0 Å². The zero-order valence-electron chi connectivity index (χ0n) is 14.7. The van der Waals surface area contributed by atoms with E-state index in [1.165, 1.54) is 11.3 Å². The molecule has 0 unspecified atom stereocenters. The maximum atomic E-state index is 12.1. The molecule has 0 saturated heterocycles. The van der Waals surface area contributed by atoms with Crippen molar-refractivity contribution in [2.75, 3.05) is 11.9 Å². The fourth-order valence-corrected chi connectivity index (χ4v) is 4.20. The normalized spacial score (nSPS) is 10.8. The van der Waals surface area contributed by atoms with Gasteiger partial charge in [0.2, 0.25) is 0 Å². The molecule has 2 heterocycles. The molecule has 0 atom stereocenters. The van der Waals surface area contributed by atoms with Crippen molar-refractivity contribution in [3.8, 4) is 0 Å². The molecule has 134 valence electrons. The third-order valence-corrected chi connectivity index (χ3v) is 5.20. The molecule has 0 saturated carbocycles. The van der Waals surface area contributed by atoms with Gasteiger partial charge in [0.05, 0.1) is 0 Å². The highest BCUT2D eigenvalue weighted by atomic mass is 32.1. The molecule has 0 amide bonds. The van der Waals surface area contributed by atoms with E-state index in [0.717, 1.165) is 16.1 Å². The first-order chi connectivity index (χ1) is 12.5. The van der Waals surface area contributed by atoms with Crippen molar-refractivity contribution in [1.82, 2.24) is 4.98 Å². The molecule has 1 aromatic carbocycles. The summed E-state index contributed by atoms with van der Waals surface area (Å²) in [6, 6.07) is 11.1. The van der Waals surface area contributed by atoms with Gasteiger partial charge in [0.15, 0.2) is 5.78 Å². The third-order valence-electron chi connectivity index (χ3n) is 4.16. The Hall–Kier alpha value is -2.73. The Balaban J connectivity index is 1.71. The number of pyridine rings is 1. The van der Waals surface area contributed by atoms with E-state index in [9.17, 15) is 14.7 Å². The summed E-state index contributed by atoms with van der Waals surface area (Å²) in [7, 11) is 0. The molecule has 0 bridgehead atoms. The molecule has 0 spiro atoms. The van der Waals surface area contributed by atoms with Crippen LogP contribution in [-0.4, -0.2) is 28.4 Å². The molecule has 0 radical (unpaired) electrons. The van der Waals surface area contributed by atoms with Crippen molar-refractivity contribution in [2.45, 2.75) is 26.7 Å². The lowest BCUT2D eigenvalue weighted by atomic mass is 10.1. The fourth-order valence-electron chi connectivity index (χ4n) is 2.99. The van der Waals surface area contributed by atoms with E-state index < -0.39 is 5.97 Å². The van der Waals surface area contributed by atoms with E-state index in [0.29, 0.717) is 35.3 Å².